The maximum atomic E-state index is 13.2. The summed E-state index contributed by atoms with van der Waals surface area (Å²) < 4.78 is 1.41. The second kappa shape index (κ2) is 8.03. The molecule has 170 valence electrons. The number of nitrogens with one attached hydrogen (secondary N) is 3. The average molecular weight is 446 g/mol. The number of carbonyl (C=O) groups excluding carboxylic acids is 1. The highest BCUT2D eigenvalue weighted by molar-refractivity contribution is 6.05. The molecule has 1 amide bonds. The number of aromatic nitrogens is 4. The molecule has 3 N–H and O–H groups in total. The number of hydrogen-bond donors (Lipinski definition) is 3. The van der Waals surface area contributed by atoms with Gasteiger partial charge in [0.1, 0.15) is 0 Å². The van der Waals surface area contributed by atoms with Crippen molar-refractivity contribution in [1.82, 2.24) is 24.8 Å². The van der Waals surface area contributed by atoms with Crippen molar-refractivity contribution >= 4 is 27.8 Å². The first-order chi connectivity index (χ1) is 15.9. The zero-order valence-corrected chi connectivity index (χ0v) is 19.0. The Bertz CT molecular complexity index is 1520. The van der Waals surface area contributed by atoms with E-state index in [2.05, 4.69) is 45.4 Å². The van der Waals surface area contributed by atoms with Crippen LogP contribution in [0.5, 0.6) is 0 Å². The minimum atomic E-state index is -0.581. The van der Waals surface area contributed by atoms with Crippen LogP contribution in [-0.4, -0.2) is 32.0 Å². The van der Waals surface area contributed by atoms with Crippen LogP contribution in [0.4, 0.5) is 0 Å². The summed E-state index contributed by atoms with van der Waals surface area (Å²) in [5.41, 5.74) is 4.75. The van der Waals surface area contributed by atoms with Gasteiger partial charge in [-0.1, -0.05) is 11.6 Å². The van der Waals surface area contributed by atoms with E-state index in [1.165, 1.54) is 15.7 Å². The van der Waals surface area contributed by atoms with E-state index in [1.807, 2.05) is 13.8 Å². The fourth-order valence-electron chi connectivity index (χ4n) is 4.57. The van der Waals surface area contributed by atoms with Crippen LogP contribution in [0.2, 0.25) is 0 Å². The Kier molecular flexibility index (Phi) is 5.15. The fraction of sp³-hybridized carbons (Fsp3) is 0.360. The fourth-order valence-corrected chi connectivity index (χ4v) is 4.57. The van der Waals surface area contributed by atoms with Gasteiger partial charge in [0.25, 0.3) is 11.5 Å². The van der Waals surface area contributed by atoms with Gasteiger partial charge in [0.05, 0.1) is 10.9 Å². The first kappa shape index (κ1) is 21.2. The molecular formula is C25H27N5O3. The van der Waals surface area contributed by atoms with E-state index in [-0.39, 0.29) is 28.4 Å². The average Bonchev–Trinajstić information content (AvgIpc) is 3.58. The number of aromatic amines is 2. The van der Waals surface area contributed by atoms with Crippen molar-refractivity contribution in [3.05, 3.63) is 73.2 Å². The number of hydrogen-bond acceptors (Lipinski definition) is 4. The summed E-state index contributed by atoms with van der Waals surface area (Å²) in [6.07, 6.45) is 2.66. The summed E-state index contributed by atoms with van der Waals surface area (Å²) in [6.45, 7) is 6.69. The lowest BCUT2D eigenvalue weighted by Gasteiger charge is -2.12. The third kappa shape index (κ3) is 3.75. The van der Waals surface area contributed by atoms with Gasteiger partial charge in [-0.15, -0.1) is 0 Å². The lowest BCUT2D eigenvalue weighted by molar-refractivity contribution is 0.0955. The van der Waals surface area contributed by atoms with Crippen LogP contribution < -0.4 is 16.6 Å². The van der Waals surface area contributed by atoms with Gasteiger partial charge in [0, 0.05) is 41.3 Å². The molecule has 0 saturated heterocycles. The molecule has 0 aliphatic heterocycles. The molecule has 5 rings (SSSR count). The molecule has 1 fully saturated rings. The van der Waals surface area contributed by atoms with Gasteiger partial charge in [-0.2, -0.15) is 0 Å². The molecule has 8 heteroatoms. The number of amides is 1. The van der Waals surface area contributed by atoms with Gasteiger partial charge >= 0.3 is 5.69 Å². The molecule has 0 unspecified atom stereocenters. The molecule has 0 radical (unpaired) electrons. The van der Waals surface area contributed by atoms with Crippen LogP contribution in [0.1, 0.15) is 58.6 Å². The Hall–Kier alpha value is -3.68. The molecule has 1 aromatic carbocycles. The highest BCUT2D eigenvalue weighted by Gasteiger charge is 2.28. The van der Waals surface area contributed by atoms with E-state index in [9.17, 15) is 14.4 Å². The van der Waals surface area contributed by atoms with Gasteiger partial charge in [0.15, 0.2) is 5.65 Å². The van der Waals surface area contributed by atoms with Crippen molar-refractivity contribution in [3.8, 4) is 0 Å². The van der Waals surface area contributed by atoms with Crippen LogP contribution in [0.15, 0.2) is 33.9 Å². The van der Waals surface area contributed by atoms with E-state index in [0.717, 1.165) is 35.1 Å². The lowest BCUT2D eigenvalue weighted by atomic mass is 10.1. The highest BCUT2D eigenvalue weighted by Crippen LogP contribution is 2.39. The molecule has 1 aliphatic carbocycles. The van der Waals surface area contributed by atoms with Crippen LogP contribution >= 0.6 is 0 Å². The molecule has 1 aliphatic rings. The summed E-state index contributed by atoms with van der Waals surface area (Å²) in [4.78, 5) is 48.5. The number of carbonyl (C=O) groups is 1. The lowest BCUT2D eigenvalue weighted by Crippen LogP contribution is -2.33. The number of rotatable bonds is 6. The number of H-pyrrole nitrogens is 2. The summed E-state index contributed by atoms with van der Waals surface area (Å²) in [5, 5.41) is 4.31. The number of nitrogens with zero attached hydrogens (tertiary/aromatic N) is 2. The predicted octanol–water partition coefficient (Wildman–Crippen LogP) is 3.05. The van der Waals surface area contributed by atoms with Crippen LogP contribution in [0.25, 0.3) is 21.9 Å². The van der Waals surface area contributed by atoms with Crippen molar-refractivity contribution < 1.29 is 4.79 Å². The van der Waals surface area contributed by atoms with Crippen molar-refractivity contribution in [2.75, 3.05) is 6.54 Å². The summed E-state index contributed by atoms with van der Waals surface area (Å²) in [5.74, 6) is -0.0532. The zero-order valence-electron chi connectivity index (χ0n) is 19.0. The highest BCUT2D eigenvalue weighted by atomic mass is 16.2. The molecule has 0 atom stereocenters. The number of pyridine rings is 1. The second-order valence-electron chi connectivity index (χ2n) is 8.85. The van der Waals surface area contributed by atoms with E-state index in [0.29, 0.717) is 19.5 Å². The summed E-state index contributed by atoms with van der Waals surface area (Å²) in [6, 6.07) is 8.01. The van der Waals surface area contributed by atoms with Crippen LogP contribution in [0.3, 0.4) is 0 Å². The molecule has 1 saturated carbocycles. The molecule has 0 spiro atoms. The van der Waals surface area contributed by atoms with Gasteiger partial charge in [-0.3, -0.25) is 19.1 Å². The van der Waals surface area contributed by atoms with Gasteiger partial charge in [-0.05, 0) is 63.8 Å². The number of fused-ring (bicyclic) bond motifs is 2. The normalized spacial score (nSPS) is 13.7. The molecule has 3 heterocycles. The SMILES string of the molecule is CCn1c(=O)[nH]c(=O)c2c(C(=O)NCCc3c(C)[nH]c4ccc(C)cc34)cc(C3CC3)nc21. The summed E-state index contributed by atoms with van der Waals surface area (Å²) >= 11 is 0. The van der Waals surface area contributed by atoms with E-state index in [1.54, 1.807) is 6.07 Å². The van der Waals surface area contributed by atoms with E-state index in [4.69, 9.17) is 0 Å². The summed E-state index contributed by atoms with van der Waals surface area (Å²) in [7, 11) is 0. The van der Waals surface area contributed by atoms with Crippen LogP contribution in [0, 0.1) is 13.8 Å². The maximum absolute atomic E-state index is 13.2. The largest absolute Gasteiger partial charge is 0.358 e. The maximum Gasteiger partial charge on any atom is 0.329 e. The zero-order chi connectivity index (χ0) is 23.3. The second-order valence-corrected chi connectivity index (χ2v) is 8.85. The van der Waals surface area contributed by atoms with Crippen molar-refractivity contribution in [3.63, 3.8) is 0 Å². The van der Waals surface area contributed by atoms with E-state index < -0.39 is 11.2 Å². The van der Waals surface area contributed by atoms with Crippen LogP contribution in [-0.2, 0) is 13.0 Å². The Labute approximate surface area is 190 Å². The molecular weight excluding hydrogens is 418 g/mol. The monoisotopic (exact) mass is 445 g/mol. The number of aryl methyl sites for hydroxylation is 3. The Morgan fingerprint density at radius 1 is 1.18 bits per heavy atom. The first-order valence-corrected chi connectivity index (χ1v) is 11.4. The molecule has 8 nitrogen and oxygen atoms in total. The Balaban J connectivity index is 1.48. The van der Waals surface area contributed by atoms with E-state index >= 15 is 0 Å². The quantitative estimate of drug-likeness (QED) is 0.423. The smallest absolute Gasteiger partial charge is 0.329 e. The number of benzene rings is 1. The molecule has 33 heavy (non-hydrogen) atoms. The molecule has 4 aromatic rings. The van der Waals surface area contributed by atoms with Gasteiger partial charge in [0.2, 0.25) is 0 Å². The standard InChI is InChI=1S/C25H27N5O3/c1-4-30-22-21(24(32)29-25(30)33)18(12-20(28-22)15-6-7-15)23(31)26-10-9-16-14(3)27-19-8-5-13(2)11-17(16)19/h5,8,11-12,15,27H,4,6-7,9-10H2,1-3H3,(H,26,31)(H,29,32,33). The first-order valence-electron chi connectivity index (χ1n) is 11.4. The molecule has 0 bridgehead atoms. The minimum Gasteiger partial charge on any atom is -0.358 e. The Morgan fingerprint density at radius 3 is 2.70 bits per heavy atom. The Morgan fingerprint density at radius 2 is 1.97 bits per heavy atom. The van der Waals surface area contributed by atoms with Gasteiger partial charge < -0.3 is 10.3 Å². The molecule has 3 aromatic heterocycles. The van der Waals surface area contributed by atoms with Crippen molar-refractivity contribution in [2.24, 2.45) is 0 Å². The van der Waals surface area contributed by atoms with Gasteiger partial charge in [-0.25, -0.2) is 9.78 Å². The minimum absolute atomic E-state index is 0.164. The third-order valence-corrected chi connectivity index (χ3v) is 6.46. The predicted molar refractivity (Wildman–Crippen MR) is 128 cm³/mol. The van der Waals surface area contributed by atoms with Crippen molar-refractivity contribution in [2.45, 2.75) is 52.5 Å². The topological polar surface area (TPSA) is 113 Å². The van der Waals surface area contributed by atoms with Crippen molar-refractivity contribution in [1.29, 1.82) is 0 Å². The third-order valence-electron chi connectivity index (χ3n) is 6.46.